The Bertz CT molecular complexity index is 115. The number of methoxy groups -OCH3 is 2. The fourth-order valence-corrected chi connectivity index (χ4v) is 2.13. The Kier molecular flexibility index (Phi) is 3.77. The van der Waals surface area contributed by atoms with Crippen LogP contribution in [0.1, 0.15) is 0 Å². The van der Waals surface area contributed by atoms with E-state index in [-0.39, 0.29) is 22.2 Å². The van der Waals surface area contributed by atoms with Gasteiger partial charge in [-0.2, -0.15) is 0 Å². The van der Waals surface area contributed by atoms with Crippen molar-refractivity contribution in [2.75, 3.05) is 14.2 Å². The molecule has 11 heavy (non-hydrogen) atoms. The number of ether oxygens (including phenoxy) is 3. The first-order valence-corrected chi connectivity index (χ1v) is 5.03. The summed E-state index contributed by atoms with van der Waals surface area (Å²) in [6.07, 6.45) is -0.464. The number of hydrogen-bond acceptors (Lipinski definition) is 3. The van der Waals surface area contributed by atoms with E-state index in [1.807, 2.05) is 0 Å². The molecule has 1 aliphatic heterocycles. The van der Waals surface area contributed by atoms with Gasteiger partial charge in [-0.1, -0.05) is 31.9 Å². The van der Waals surface area contributed by atoms with Crippen molar-refractivity contribution in [2.24, 2.45) is 0 Å². The molecular formula is C6H10Br2O3. The molecule has 0 unspecified atom stereocenters. The smallest absolute Gasteiger partial charge is 0.174 e. The summed E-state index contributed by atoms with van der Waals surface area (Å²) < 4.78 is 15.4. The molecule has 0 amide bonds. The van der Waals surface area contributed by atoms with Crippen molar-refractivity contribution in [2.45, 2.75) is 22.2 Å². The van der Waals surface area contributed by atoms with Crippen LogP contribution in [0, 0.1) is 0 Å². The standard InChI is InChI=1S/C6H10Br2O3/c1-9-5-3(7)4(8)6(10-2)11-5/h3-6H,1-2H3/t3-,4-,5+,6+/m1/s1. The maximum atomic E-state index is 5.35. The van der Waals surface area contributed by atoms with Crippen LogP contribution in [-0.4, -0.2) is 36.5 Å². The van der Waals surface area contributed by atoms with Gasteiger partial charge in [-0.25, -0.2) is 0 Å². The van der Waals surface area contributed by atoms with Crippen molar-refractivity contribution in [1.82, 2.24) is 0 Å². The summed E-state index contributed by atoms with van der Waals surface area (Å²) in [6.45, 7) is 0. The molecule has 0 bridgehead atoms. The molecule has 1 saturated heterocycles. The van der Waals surface area contributed by atoms with Gasteiger partial charge in [0.15, 0.2) is 12.6 Å². The molecule has 1 rings (SSSR count). The lowest BCUT2D eigenvalue weighted by Gasteiger charge is -2.10. The zero-order valence-corrected chi connectivity index (χ0v) is 9.46. The minimum Gasteiger partial charge on any atom is -0.355 e. The summed E-state index contributed by atoms with van der Waals surface area (Å²) in [7, 11) is 3.22. The van der Waals surface area contributed by atoms with Gasteiger partial charge in [-0.3, -0.25) is 0 Å². The molecule has 0 radical (unpaired) electrons. The maximum Gasteiger partial charge on any atom is 0.174 e. The van der Waals surface area contributed by atoms with Gasteiger partial charge in [0, 0.05) is 14.2 Å². The minimum atomic E-state index is -0.232. The lowest BCUT2D eigenvalue weighted by molar-refractivity contribution is -0.183. The van der Waals surface area contributed by atoms with Crippen LogP contribution in [0.5, 0.6) is 0 Å². The van der Waals surface area contributed by atoms with Gasteiger partial charge in [0.1, 0.15) is 0 Å². The van der Waals surface area contributed by atoms with E-state index in [0.717, 1.165) is 0 Å². The molecule has 5 heteroatoms. The molecule has 66 valence electrons. The van der Waals surface area contributed by atoms with Crippen LogP contribution in [0.3, 0.4) is 0 Å². The molecular weight excluding hydrogens is 280 g/mol. The average molecular weight is 290 g/mol. The van der Waals surface area contributed by atoms with E-state index < -0.39 is 0 Å². The Labute approximate surface area is 82.6 Å². The normalized spacial score (nSPS) is 44.7. The van der Waals surface area contributed by atoms with Gasteiger partial charge in [0.05, 0.1) is 9.65 Å². The van der Waals surface area contributed by atoms with E-state index in [0.29, 0.717) is 0 Å². The Morgan fingerprint density at radius 2 is 1.36 bits per heavy atom. The van der Waals surface area contributed by atoms with Crippen molar-refractivity contribution in [3.63, 3.8) is 0 Å². The summed E-state index contributed by atoms with van der Waals surface area (Å²) in [5, 5.41) is 0. The second-order valence-corrected chi connectivity index (χ2v) is 4.35. The largest absolute Gasteiger partial charge is 0.355 e. The predicted molar refractivity (Wildman–Crippen MR) is 48.1 cm³/mol. The highest BCUT2D eigenvalue weighted by Gasteiger charge is 2.42. The van der Waals surface area contributed by atoms with E-state index in [1.54, 1.807) is 14.2 Å². The van der Waals surface area contributed by atoms with Gasteiger partial charge in [0.25, 0.3) is 0 Å². The van der Waals surface area contributed by atoms with Crippen LogP contribution >= 0.6 is 31.9 Å². The first kappa shape index (κ1) is 9.92. The van der Waals surface area contributed by atoms with Crippen LogP contribution in [0.15, 0.2) is 0 Å². The molecule has 0 saturated carbocycles. The highest BCUT2D eigenvalue weighted by molar-refractivity contribution is 9.12. The van der Waals surface area contributed by atoms with Gasteiger partial charge < -0.3 is 14.2 Å². The SMILES string of the molecule is CO[C@H]1O[C@H](OC)[C@H](Br)[C@H]1Br. The first-order valence-electron chi connectivity index (χ1n) is 3.20. The van der Waals surface area contributed by atoms with Gasteiger partial charge in [-0.05, 0) is 0 Å². The Hall–Kier alpha value is 0.840. The number of halogens is 2. The van der Waals surface area contributed by atoms with Crippen LogP contribution in [-0.2, 0) is 14.2 Å². The molecule has 1 fully saturated rings. The quantitative estimate of drug-likeness (QED) is 0.721. The summed E-state index contributed by atoms with van der Waals surface area (Å²) in [5.74, 6) is 0. The van der Waals surface area contributed by atoms with Crippen molar-refractivity contribution < 1.29 is 14.2 Å². The van der Waals surface area contributed by atoms with Crippen molar-refractivity contribution >= 4 is 31.9 Å². The average Bonchev–Trinajstić information content (AvgIpc) is 2.30. The monoisotopic (exact) mass is 288 g/mol. The molecule has 0 aromatic rings. The second kappa shape index (κ2) is 4.18. The Balaban J connectivity index is 2.53. The summed E-state index contributed by atoms with van der Waals surface area (Å²) in [5.41, 5.74) is 0. The summed E-state index contributed by atoms with van der Waals surface area (Å²) >= 11 is 6.87. The topological polar surface area (TPSA) is 27.7 Å². The van der Waals surface area contributed by atoms with Crippen LogP contribution in [0.4, 0.5) is 0 Å². The molecule has 0 spiro atoms. The molecule has 1 heterocycles. The van der Waals surface area contributed by atoms with Crippen LogP contribution in [0.2, 0.25) is 0 Å². The van der Waals surface area contributed by atoms with Crippen LogP contribution in [0.25, 0.3) is 0 Å². The highest BCUT2D eigenvalue weighted by Crippen LogP contribution is 2.32. The molecule has 0 aromatic carbocycles. The highest BCUT2D eigenvalue weighted by atomic mass is 79.9. The Morgan fingerprint density at radius 3 is 1.55 bits per heavy atom. The maximum absolute atomic E-state index is 5.35. The lowest BCUT2D eigenvalue weighted by atomic mass is 10.3. The number of rotatable bonds is 2. The van der Waals surface area contributed by atoms with E-state index in [1.165, 1.54) is 0 Å². The van der Waals surface area contributed by atoms with E-state index >= 15 is 0 Å². The fraction of sp³-hybridized carbons (Fsp3) is 1.00. The van der Waals surface area contributed by atoms with Gasteiger partial charge in [0.2, 0.25) is 0 Å². The summed E-state index contributed by atoms with van der Waals surface area (Å²) in [4.78, 5) is 0.273. The van der Waals surface area contributed by atoms with Gasteiger partial charge in [-0.15, -0.1) is 0 Å². The third-order valence-corrected chi connectivity index (χ3v) is 4.27. The molecule has 0 N–H and O–H groups in total. The molecule has 0 aromatic heterocycles. The predicted octanol–water partition coefficient (Wildman–Crippen LogP) is 1.49. The van der Waals surface area contributed by atoms with E-state index in [2.05, 4.69) is 31.9 Å². The zero-order chi connectivity index (χ0) is 8.43. The third kappa shape index (κ3) is 1.95. The second-order valence-electron chi connectivity index (χ2n) is 2.23. The molecule has 4 atom stereocenters. The Morgan fingerprint density at radius 1 is 1.00 bits per heavy atom. The van der Waals surface area contributed by atoms with Crippen molar-refractivity contribution in [1.29, 1.82) is 0 Å². The van der Waals surface area contributed by atoms with Crippen molar-refractivity contribution in [3.05, 3.63) is 0 Å². The minimum absolute atomic E-state index is 0.137. The molecule has 1 aliphatic rings. The van der Waals surface area contributed by atoms with E-state index in [9.17, 15) is 0 Å². The summed E-state index contributed by atoms with van der Waals surface area (Å²) in [6, 6.07) is 0. The number of hydrogen-bond donors (Lipinski definition) is 0. The first-order chi connectivity index (χ1) is 5.20. The van der Waals surface area contributed by atoms with Crippen LogP contribution < -0.4 is 0 Å². The van der Waals surface area contributed by atoms with Crippen molar-refractivity contribution in [3.8, 4) is 0 Å². The molecule has 3 nitrogen and oxygen atoms in total. The molecule has 0 aliphatic carbocycles. The lowest BCUT2D eigenvalue weighted by Crippen LogP contribution is -2.23. The van der Waals surface area contributed by atoms with E-state index in [4.69, 9.17) is 14.2 Å². The fourth-order valence-electron chi connectivity index (χ4n) is 0.954. The third-order valence-electron chi connectivity index (χ3n) is 1.56. The number of alkyl halides is 2. The van der Waals surface area contributed by atoms with Gasteiger partial charge >= 0.3 is 0 Å². The zero-order valence-electron chi connectivity index (χ0n) is 6.29.